The van der Waals surface area contributed by atoms with Crippen molar-refractivity contribution < 1.29 is 24.2 Å². The molecule has 0 bridgehead atoms. The summed E-state index contributed by atoms with van der Waals surface area (Å²) in [4.78, 5) is 21.8. The standard InChI is InChI=1S/C14H18O5/c1-10(15)3-4-11-5-7-12(8-6-11)19-13(9-18-2)14(16)17/h5-8,13H,3-4,9H2,1-2H3,(H,16,17). The normalized spacial score (nSPS) is 11.9. The maximum absolute atomic E-state index is 10.9. The van der Waals surface area contributed by atoms with Crippen molar-refractivity contribution in [2.75, 3.05) is 13.7 Å². The van der Waals surface area contributed by atoms with Crippen molar-refractivity contribution in [3.05, 3.63) is 29.8 Å². The van der Waals surface area contributed by atoms with Crippen LogP contribution in [-0.2, 0) is 20.7 Å². The largest absolute Gasteiger partial charge is 0.478 e. The van der Waals surface area contributed by atoms with E-state index in [1.807, 2.05) is 12.1 Å². The van der Waals surface area contributed by atoms with Crippen LogP contribution in [0.3, 0.4) is 0 Å². The van der Waals surface area contributed by atoms with Gasteiger partial charge in [0.2, 0.25) is 6.10 Å². The SMILES string of the molecule is COCC(Oc1ccc(CCC(C)=O)cc1)C(=O)O. The minimum Gasteiger partial charge on any atom is -0.478 e. The Hall–Kier alpha value is -1.88. The number of aryl methyl sites for hydroxylation is 1. The number of benzene rings is 1. The van der Waals surface area contributed by atoms with Crippen LogP contribution in [0.4, 0.5) is 0 Å². The Labute approximate surface area is 112 Å². The van der Waals surface area contributed by atoms with Crippen LogP contribution < -0.4 is 4.74 Å². The Morgan fingerprint density at radius 2 is 1.89 bits per heavy atom. The van der Waals surface area contributed by atoms with Gasteiger partial charge in [0.15, 0.2) is 0 Å². The zero-order valence-corrected chi connectivity index (χ0v) is 11.1. The molecule has 1 atom stereocenters. The van der Waals surface area contributed by atoms with E-state index >= 15 is 0 Å². The third kappa shape index (κ3) is 5.52. The van der Waals surface area contributed by atoms with Crippen molar-refractivity contribution in [2.24, 2.45) is 0 Å². The third-order valence-corrected chi connectivity index (χ3v) is 2.56. The van der Waals surface area contributed by atoms with Gasteiger partial charge in [0.05, 0.1) is 6.61 Å². The van der Waals surface area contributed by atoms with Gasteiger partial charge in [-0.15, -0.1) is 0 Å². The van der Waals surface area contributed by atoms with Crippen LogP contribution in [0.25, 0.3) is 0 Å². The smallest absolute Gasteiger partial charge is 0.347 e. The zero-order chi connectivity index (χ0) is 14.3. The summed E-state index contributed by atoms with van der Waals surface area (Å²) >= 11 is 0. The summed E-state index contributed by atoms with van der Waals surface area (Å²) in [6.45, 7) is 1.54. The number of Topliss-reactive ketones (excluding diaryl/α,β-unsaturated/α-hetero) is 1. The van der Waals surface area contributed by atoms with Crippen molar-refractivity contribution >= 4 is 11.8 Å². The molecule has 1 N–H and O–H groups in total. The molecular weight excluding hydrogens is 248 g/mol. The third-order valence-electron chi connectivity index (χ3n) is 2.56. The number of hydrogen-bond acceptors (Lipinski definition) is 4. The van der Waals surface area contributed by atoms with E-state index in [9.17, 15) is 9.59 Å². The number of ether oxygens (including phenoxy) is 2. The number of carbonyl (C=O) groups is 2. The van der Waals surface area contributed by atoms with Gasteiger partial charge in [0.1, 0.15) is 11.5 Å². The zero-order valence-electron chi connectivity index (χ0n) is 11.1. The molecule has 0 saturated carbocycles. The van der Waals surface area contributed by atoms with Gasteiger partial charge in [0, 0.05) is 13.5 Å². The van der Waals surface area contributed by atoms with E-state index in [0.717, 1.165) is 5.56 Å². The molecule has 0 aromatic heterocycles. The first-order valence-electron chi connectivity index (χ1n) is 5.99. The number of methoxy groups -OCH3 is 1. The van der Waals surface area contributed by atoms with Crippen molar-refractivity contribution in [2.45, 2.75) is 25.9 Å². The van der Waals surface area contributed by atoms with Crippen LogP contribution in [-0.4, -0.2) is 36.7 Å². The molecule has 5 heteroatoms. The Bertz CT molecular complexity index is 424. The topological polar surface area (TPSA) is 72.8 Å². The van der Waals surface area contributed by atoms with Crippen LogP contribution in [0.2, 0.25) is 0 Å². The van der Waals surface area contributed by atoms with Gasteiger partial charge in [-0.2, -0.15) is 0 Å². The molecular formula is C14H18O5. The lowest BCUT2D eigenvalue weighted by molar-refractivity contribution is -0.147. The van der Waals surface area contributed by atoms with Crippen LogP contribution in [0, 0.1) is 0 Å². The summed E-state index contributed by atoms with van der Waals surface area (Å²) in [6, 6.07) is 7.04. The Kier molecular flexibility index (Phi) is 6.02. The number of carboxylic acids is 1. The maximum Gasteiger partial charge on any atom is 0.347 e. The highest BCUT2D eigenvalue weighted by Crippen LogP contribution is 2.15. The number of carbonyl (C=O) groups excluding carboxylic acids is 1. The molecule has 0 aliphatic rings. The molecule has 1 rings (SSSR count). The molecule has 1 aromatic carbocycles. The molecule has 1 aromatic rings. The lowest BCUT2D eigenvalue weighted by atomic mass is 10.1. The van der Waals surface area contributed by atoms with Crippen LogP contribution in [0.5, 0.6) is 5.75 Å². The Morgan fingerprint density at radius 1 is 1.26 bits per heavy atom. The van der Waals surface area contributed by atoms with E-state index in [1.165, 1.54) is 7.11 Å². The fourth-order valence-electron chi connectivity index (χ4n) is 1.53. The van der Waals surface area contributed by atoms with Crippen LogP contribution in [0.1, 0.15) is 18.9 Å². The van der Waals surface area contributed by atoms with Gasteiger partial charge >= 0.3 is 5.97 Å². The van der Waals surface area contributed by atoms with E-state index in [1.54, 1.807) is 19.1 Å². The quantitative estimate of drug-likeness (QED) is 0.775. The number of carboxylic acid groups (broad SMARTS) is 1. The number of ketones is 1. The van der Waals surface area contributed by atoms with E-state index < -0.39 is 12.1 Å². The molecule has 1 unspecified atom stereocenters. The van der Waals surface area contributed by atoms with Crippen LogP contribution >= 0.6 is 0 Å². The molecule has 5 nitrogen and oxygen atoms in total. The van der Waals surface area contributed by atoms with E-state index in [0.29, 0.717) is 18.6 Å². The highest BCUT2D eigenvalue weighted by Gasteiger charge is 2.18. The first-order chi connectivity index (χ1) is 9.02. The fourth-order valence-corrected chi connectivity index (χ4v) is 1.53. The van der Waals surface area contributed by atoms with Gasteiger partial charge in [-0.05, 0) is 31.0 Å². The second kappa shape index (κ2) is 7.53. The molecule has 0 fully saturated rings. The fraction of sp³-hybridized carbons (Fsp3) is 0.429. The van der Waals surface area contributed by atoms with Crippen molar-refractivity contribution in [3.63, 3.8) is 0 Å². The van der Waals surface area contributed by atoms with Gasteiger partial charge in [-0.25, -0.2) is 4.79 Å². The monoisotopic (exact) mass is 266 g/mol. The van der Waals surface area contributed by atoms with Crippen molar-refractivity contribution in [1.82, 2.24) is 0 Å². The predicted octanol–water partition coefficient (Wildman–Crippen LogP) is 1.69. The Balaban J connectivity index is 2.60. The second-order valence-electron chi connectivity index (χ2n) is 4.25. The minimum atomic E-state index is -1.07. The molecule has 19 heavy (non-hydrogen) atoms. The summed E-state index contributed by atoms with van der Waals surface area (Å²) in [5, 5.41) is 8.92. The average Bonchev–Trinajstić information content (AvgIpc) is 2.37. The van der Waals surface area contributed by atoms with Crippen molar-refractivity contribution in [1.29, 1.82) is 0 Å². The number of aliphatic carboxylic acids is 1. The van der Waals surface area contributed by atoms with Crippen molar-refractivity contribution in [3.8, 4) is 5.75 Å². The highest BCUT2D eigenvalue weighted by atomic mass is 16.5. The van der Waals surface area contributed by atoms with E-state index in [4.69, 9.17) is 14.6 Å². The lowest BCUT2D eigenvalue weighted by Crippen LogP contribution is -2.31. The molecule has 0 saturated heterocycles. The maximum atomic E-state index is 10.9. The molecule has 0 heterocycles. The van der Waals surface area contributed by atoms with Crippen LogP contribution in [0.15, 0.2) is 24.3 Å². The first-order valence-corrected chi connectivity index (χ1v) is 5.99. The van der Waals surface area contributed by atoms with Gasteiger partial charge in [0.25, 0.3) is 0 Å². The highest BCUT2D eigenvalue weighted by molar-refractivity contribution is 5.75. The average molecular weight is 266 g/mol. The number of hydrogen-bond donors (Lipinski definition) is 1. The van der Waals surface area contributed by atoms with E-state index in [2.05, 4.69) is 0 Å². The summed E-state index contributed by atoms with van der Waals surface area (Å²) in [7, 11) is 1.42. The summed E-state index contributed by atoms with van der Waals surface area (Å²) < 4.78 is 10.1. The molecule has 104 valence electrons. The number of rotatable bonds is 8. The molecule has 0 radical (unpaired) electrons. The predicted molar refractivity (Wildman–Crippen MR) is 69.4 cm³/mol. The molecule has 0 aliphatic heterocycles. The lowest BCUT2D eigenvalue weighted by Gasteiger charge is -2.14. The molecule has 0 amide bonds. The summed E-state index contributed by atoms with van der Waals surface area (Å²) in [6.07, 6.45) is 0.158. The van der Waals surface area contributed by atoms with Gasteiger partial charge in [-0.1, -0.05) is 12.1 Å². The summed E-state index contributed by atoms with van der Waals surface area (Å²) in [5.41, 5.74) is 1.01. The second-order valence-corrected chi connectivity index (χ2v) is 4.25. The molecule has 0 spiro atoms. The summed E-state index contributed by atoms with van der Waals surface area (Å²) in [5.74, 6) is -0.454. The molecule has 0 aliphatic carbocycles. The van der Waals surface area contributed by atoms with Gasteiger partial charge < -0.3 is 19.4 Å². The van der Waals surface area contributed by atoms with E-state index in [-0.39, 0.29) is 12.4 Å². The minimum absolute atomic E-state index is 0.0125. The first kappa shape index (κ1) is 15.2. The van der Waals surface area contributed by atoms with Gasteiger partial charge in [-0.3, -0.25) is 0 Å². The Morgan fingerprint density at radius 3 is 2.37 bits per heavy atom.